The zero-order valence-corrected chi connectivity index (χ0v) is 58.2. The zero-order chi connectivity index (χ0) is 67.9. The maximum Gasteiger partial charge on any atom is 0.252 e. The SMILES string of the molecule is Cc1cc(C)c(-c2cc3c4c(c2)N(c2c(-c5ccccc5)cc(C(C)(C)C)cc2-c2ccccc2)c2cc(-n5c6ccccc6c6ccccc65)ccc2B4c2ccc(-n4c5ccccc5c5ccccc54)cc2N3c2c(-c3ccccc3)cc(C(C)(C)C)cc2-c2ccccc2)c(C)c1. The molecule has 16 aromatic rings. The standard InChI is InChI=1S/C95H77BN4/c1-60-50-61(2)90(62(3)51-60)67-52-88-91-89(53-67)100(93-78(65-34-18-12-19-35-65)56-69(95(7,8)9)57-79(93)66-36-20-13-21-37-66)87-59-71(98-84-44-28-24-40-74(84)75-41-25-29-45-85(75)98)47-49-81(87)96(91)80-48-46-70(97-82-42-26-22-38-72(82)73-39-23-27-43-83(73)97)58-86(80)99(88)92-76(63-30-14-10-15-31-63)54-68(94(4,5)6)55-77(92)64-32-16-11-17-33-64/h10-59H,1-9H3. The van der Waals surface area contributed by atoms with Gasteiger partial charge in [0.1, 0.15) is 0 Å². The van der Waals surface area contributed by atoms with Gasteiger partial charge in [0.2, 0.25) is 0 Å². The van der Waals surface area contributed by atoms with Gasteiger partial charge in [-0.1, -0.05) is 265 Å². The summed E-state index contributed by atoms with van der Waals surface area (Å²) in [4.78, 5) is 5.46. The summed E-state index contributed by atoms with van der Waals surface area (Å²) in [5.41, 5.74) is 34.9. The van der Waals surface area contributed by atoms with Crippen LogP contribution in [0.4, 0.5) is 34.1 Å². The Kier molecular flexibility index (Phi) is 14.1. The minimum Gasteiger partial charge on any atom is -0.310 e. The first-order valence-electron chi connectivity index (χ1n) is 35.3. The molecule has 4 nitrogen and oxygen atoms in total. The summed E-state index contributed by atoms with van der Waals surface area (Å²) in [5.74, 6) is 0. The smallest absolute Gasteiger partial charge is 0.252 e. The van der Waals surface area contributed by atoms with Crippen LogP contribution < -0.4 is 26.2 Å². The summed E-state index contributed by atoms with van der Waals surface area (Å²) in [6.07, 6.45) is 0. The molecule has 0 spiro atoms. The molecule has 14 aromatic carbocycles. The van der Waals surface area contributed by atoms with E-state index < -0.39 is 0 Å². The average Bonchev–Trinajstić information content (AvgIpc) is 0.836. The molecule has 0 saturated carbocycles. The molecule has 480 valence electrons. The van der Waals surface area contributed by atoms with Gasteiger partial charge in [-0.05, 0) is 189 Å². The summed E-state index contributed by atoms with van der Waals surface area (Å²) in [5, 5.41) is 4.92. The lowest BCUT2D eigenvalue weighted by molar-refractivity contribution is 0.590. The third kappa shape index (κ3) is 9.72. The van der Waals surface area contributed by atoms with E-state index in [0.717, 1.165) is 73.3 Å². The van der Waals surface area contributed by atoms with Gasteiger partial charge in [0.05, 0.1) is 33.4 Å². The average molecular weight is 1290 g/mol. The third-order valence-corrected chi connectivity index (χ3v) is 21.4. The van der Waals surface area contributed by atoms with Crippen molar-refractivity contribution in [2.24, 2.45) is 0 Å². The predicted octanol–water partition coefficient (Wildman–Crippen LogP) is 23.8. The van der Waals surface area contributed by atoms with Crippen molar-refractivity contribution in [2.75, 3.05) is 9.80 Å². The maximum absolute atomic E-state index is 2.73. The summed E-state index contributed by atoms with van der Waals surface area (Å²) in [7, 11) is 0. The summed E-state index contributed by atoms with van der Waals surface area (Å²) < 4.78 is 5.01. The van der Waals surface area contributed by atoms with Crippen molar-refractivity contribution in [3.63, 3.8) is 0 Å². The first-order valence-corrected chi connectivity index (χ1v) is 35.3. The van der Waals surface area contributed by atoms with Crippen molar-refractivity contribution < 1.29 is 0 Å². The Bertz CT molecular complexity index is 5380. The van der Waals surface area contributed by atoms with E-state index in [2.05, 4.69) is 385 Å². The molecule has 18 rings (SSSR count). The van der Waals surface area contributed by atoms with E-state index in [1.54, 1.807) is 0 Å². The lowest BCUT2D eigenvalue weighted by Crippen LogP contribution is -2.61. The number of aromatic nitrogens is 2. The van der Waals surface area contributed by atoms with Gasteiger partial charge in [-0.2, -0.15) is 0 Å². The molecule has 2 aliphatic heterocycles. The van der Waals surface area contributed by atoms with Crippen molar-refractivity contribution in [3.05, 3.63) is 331 Å². The Hall–Kier alpha value is -11.7. The minimum absolute atomic E-state index is 0.197. The molecule has 0 atom stereocenters. The van der Waals surface area contributed by atoms with Crippen molar-refractivity contribution in [1.82, 2.24) is 9.13 Å². The van der Waals surface area contributed by atoms with Crippen LogP contribution in [-0.2, 0) is 10.8 Å². The lowest BCUT2D eigenvalue weighted by atomic mass is 9.33. The predicted molar refractivity (Wildman–Crippen MR) is 428 cm³/mol. The van der Waals surface area contributed by atoms with E-state index in [0.29, 0.717) is 0 Å². The van der Waals surface area contributed by atoms with Gasteiger partial charge >= 0.3 is 0 Å². The highest BCUT2D eigenvalue weighted by atomic mass is 15.2. The number of benzene rings is 14. The van der Waals surface area contributed by atoms with Crippen molar-refractivity contribution >= 4 is 101 Å². The molecule has 0 radical (unpaired) electrons. The van der Waals surface area contributed by atoms with Crippen molar-refractivity contribution in [3.8, 4) is 67.0 Å². The first-order chi connectivity index (χ1) is 48.6. The Balaban J connectivity index is 1.06. The highest BCUT2D eigenvalue weighted by molar-refractivity contribution is 7.00. The van der Waals surface area contributed by atoms with Gasteiger partial charge in [0.15, 0.2) is 0 Å². The number of fused-ring (bicyclic) bond motifs is 10. The largest absolute Gasteiger partial charge is 0.310 e. The number of aryl methyl sites for hydroxylation is 3. The number of rotatable bonds is 9. The van der Waals surface area contributed by atoms with Gasteiger partial charge < -0.3 is 18.9 Å². The van der Waals surface area contributed by atoms with E-state index >= 15 is 0 Å². The molecule has 0 fully saturated rings. The highest BCUT2D eigenvalue weighted by Crippen LogP contribution is 2.56. The Morgan fingerprint density at radius 2 is 0.580 bits per heavy atom. The van der Waals surface area contributed by atoms with Gasteiger partial charge in [0.25, 0.3) is 6.71 Å². The highest BCUT2D eigenvalue weighted by Gasteiger charge is 2.46. The second-order valence-electron chi connectivity index (χ2n) is 29.8. The van der Waals surface area contributed by atoms with Crippen LogP contribution in [0, 0.1) is 20.8 Å². The van der Waals surface area contributed by atoms with Crippen LogP contribution in [0.3, 0.4) is 0 Å². The number of hydrogen-bond acceptors (Lipinski definition) is 2. The van der Waals surface area contributed by atoms with E-state index in [1.807, 2.05) is 0 Å². The minimum atomic E-state index is -0.250. The molecule has 4 heterocycles. The summed E-state index contributed by atoms with van der Waals surface area (Å²) in [6, 6.07) is 115. The molecular weight excluding hydrogens is 1210 g/mol. The Morgan fingerprint density at radius 3 is 0.890 bits per heavy atom. The number of anilines is 6. The molecular formula is C95H77BN4. The van der Waals surface area contributed by atoms with Gasteiger partial charge in [0, 0.05) is 77.9 Å². The van der Waals surface area contributed by atoms with Crippen LogP contribution >= 0.6 is 0 Å². The van der Waals surface area contributed by atoms with Crippen LogP contribution in [0.5, 0.6) is 0 Å². The third-order valence-electron chi connectivity index (χ3n) is 21.4. The fraction of sp³-hybridized carbons (Fsp3) is 0.116. The summed E-state index contributed by atoms with van der Waals surface area (Å²) >= 11 is 0. The second kappa shape index (κ2) is 23.3. The monoisotopic (exact) mass is 1280 g/mol. The first kappa shape index (κ1) is 60.7. The van der Waals surface area contributed by atoms with Crippen LogP contribution in [0.2, 0.25) is 0 Å². The van der Waals surface area contributed by atoms with Crippen LogP contribution in [-0.4, -0.2) is 15.8 Å². The maximum atomic E-state index is 2.73. The molecule has 2 aliphatic rings. The van der Waals surface area contributed by atoms with Gasteiger partial charge in [-0.25, -0.2) is 0 Å². The Morgan fingerprint density at radius 1 is 0.280 bits per heavy atom. The fourth-order valence-electron chi connectivity index (χ4n) is 16.9. The number of hydrogen-bond donors (Lipinski definition) is 0. The molecule has 0 bridgehead atoms. The van der Waals surface area contributed by atoms with Crippen LogP contribution in [0.25, 0.3) is 111 Å². The van der Waals surface area contributed by atoms with E-state index in [9.17, 15) is 0 Å². The lowest BCUT2D eigenvalue weighted by Gasteiger charge is -2.46. The molecule has 0 aliphatic carbocycles. The van der Waals surface area contributed by atoms with Gasteiger partial charge in [-0.15, -0.1) is 0 Å². The van der Waals surface area contributed by atoms with E-state index in [1.165, 1.54) is 116 Å². The topological polar surface area (TPSA) is 16.3 Å². The number of para-hydroxylation sites is 4. The molecule has 0 N–H and O–H groups in total. The van der Waals surface area contributed by atoms with Crippen molar-refractivity contribution in [1.29, 1.82) is 0 Å². The fourth-order valence-corrected chi connectivity index (χ4v) is 16.9. The Labute approximate surface area is 587 Å². The number of nitrogens with zero attached hydrogens (tertiary/aromatic N) is 4. The molecule has 2 aromatic heterocycles. The van der Waals surface area contributed by atoms with E-state index in [4.69, 9.17) is 0 Å². The zero-order valence-electron chi connectivity index (χ0n) is 58.2. The quantitative estimate of drug-likeness (QED) is 0.134. The van der Waals surface area contributed by atoms with Crippen molar-refractivity contribution in [2.45, 2.75) is 73.1 Å². The van der Waals surface area contributed by atoms with Gasteiger partial charge in [-0.3, -0.25) is 0 Å². The molecule has 0 amide bonds. The second-order valence-corrected chi connectivity index (χ2v) is 29.8. The molecule has 0 saturated heterocycles. The molecule has 100 heavy (non-hydrogen) atoms. The molecule has 5 heteroatoms. The van der Waals surface area contributed by atoms with Crippen LogP contribution in [0.15, 0.2) is 303 Å². The van der Waals surface area contributed by atoms with E-state index in [-0.39, 0.29) is 17.5 Å². The summed E-state index contributed by atoms with van der Waals surface area (Å²) in [6.45, 7) is 20.8. The van der Waals surface area contributed by atoms with Crippen LogP contribution in [0.1, 0.15) is 69.4 Å². The molecule has 0 unspecified atom stereocenters. The normalized spacial score (nSPS) is 12.8.